The van der Waals surface area contributed by atoms with Gasteiger partial charge >= 0.3 is 12.1 Å². The monoisotopic (exact) mass is 549 g/mol. The lowest BCUT2D eigenvalue weighted by Gasteiger charge is -2.31. The molecule has 12 nitrogen and oxygen atoms in total. The van der Waals surface area contributed by atoms with Crippen LogP contribution in [-0.2, 0) is 25.8 Å². The van der Waals surface area contributed by atoms with E-state index < -0.39 is 21.8 Å². The maximum Gasteiger partial charge on any atom is 0.410 e. The Morgan fingerprint density at radius 1 is 1.16 bits per heavy atom. The van der Waals surface area contributed by atoms with Crippen molar-refractivity contribution in [1.82, 2.24) is 14.9 Å². The largest absolute Gasteiger partial charge is 0.474 e. The summed E-state index contributed by atoms with van der Waals surface area (Å²) in [5.74, 6) is -0.491. The third-order valence-corrected chi connectivity index (χ3v) is 7.84. The van der Waals surface area contributed by atoms with Gasteiger partial charge in [0.1, 0.15) is 18.5 Å². The zero-order valence-corrected chi connectivity index (χ0v) is 22.9. The topological polar surface area (TPSA) is 177 Å². The van der Waals surface area contributed by atoms with Crippen molar-refractivity contribution in [3.05, 3.63) is 35.7 Å². The van der Waals surface area contributed by atoms with Gasteiger partial charge in [-0.05, 0) is 38.5 Å². The summed E-state index contributed by atoms with van der Waals surface area (Å²) in [6.07, 6.45) is 1.76. The molecule has 1 aliphatic heterocycles. The predicted octanol–water partition coefficient (Wildman–Crippen LogP) is 2.02. The number of hydrogen-bond acceptors (Lipinski definition) is 11. The molecule has 1 atom stereocenters. The first-order valence-electron chi connectivity index (χ1n) is 12.4. The second kappa shape index (κ2) is 12.4. The minimum Gasteiger partial charge on any atom is -0.474 e. The normalized spacial score (nSPS) is 15.3. The SMILES string of the molecule is CCS(=O)(=O)c1ccc(C[C@H](N)C(=O)Oc2ncnc(OC3CCN(C(=O)OC(C)C)CC3)c2C)c(N)c1. The number of esters is 1. The van der Waals surface area contributed by atoms with Crippen LogP contribution in [-0.4, -0.2) is 72.4 Å². The summed E-state index contributed by atoms with van der Waals surface area (Å²) in [5.41, 5.74) is 13.3. The zero-order valence-electron chi connectivity index (χ0n) is 22.0. The fraction of sp³-hybridized carbons (Fsp3) is 0.520. The van der Waals surface area contributed by atoms with E-state index in [0.717, 1.165) is 0 Å². The number of sulfone groups is 1. The van der Waals surface area contributed by atoms with E-state index in [1.54, 1.807) is 38.7 Å². The van der Waals surface area contributed by atoms with E-state index >= 15 is 0 Å². The van der Waals surface area contributed by atoms with Crippen LogP contribution in [0.15, 0.2) is 29.4 Å². The van der Waals surface area contributed by atoms with Crippen LogP contribution in [0.4, 0.5) is 10.5 Å². The van der Waals surface area contributed by atoms with Crippen molar-refractivity contribution in [2.24, 2.45) is 5.73 Å². The summed E-state index contributed by atoms with van der Waals surface area (Å²) in [6.45, 7) is 7.81. The average Bonchev–Trinajstić information content (AvgIpc) is 2.87. The number of hydrogen-bond donors (Lipinski definition) is 2. The number of piperidine rings is 1. The quantitative estimate of drug-likeness (QED) is 0.345. The van der Waals surface area contributed by atoms with Crippen LogP contribution in [0.3, 0.4) is 0 Å². The molecule has 1 aromatic heterocycles. The molecule has 0 aliphatic carbocycles. The van der Waals surface area contributed by atoms with Crippen LogP contribution in [0.5, 0.6) is 11.8 Å². The molecule has 1 aliphatic rings. The number of likely N-dealkylation sites (tertiary alicyclic amines) is 1. The Hall–Kier alpha value is -3.45. The van der Waals surface area contributed by atoms with Crippen molar-refractivity contribution >= 4 is 27.6 Å². The van der Waals surface area contributed by atoms with Crippen LogP contribution >= 0.6 is 0 Å². The van der Waals surface area contributed by atoms with Crippen molar-refractivity contribution in [2.45, 2.75) is 70.1 Å². The number of benzene rings is 1. The van der Waals surface area contributed by atoms with E-state index in [1.807, 2.05) is 0 Å². The summed E-state index contributed by atoms with van der Waals surface area (Å²) in [4.78, 5) is 34.7. The second-order valence-corrected chi connectivity index (χ2v) is 11.6. The van der Waals surface area contributed by atoms with Gasteiger partial charge in [-0.15, -0.1) is 0 Å². The van der Waals surface area contributed by atoms with Crippen molar-refractivity contribution in [3.8, 4) is 11.8 Å². The number of anilines is 1. The molecule has 2 heterocycles. The van der Waals surface area contributed by atoms with Crippen molar-refractivity contribution in [3.63, 3.8) is 0 Å². The molecule has 0 bridgehead atoms. The molecule has 0 radical (unpaired) electrons. The Balaban J connectivity index is 1.59. The van der Waals surface area contributed by atoms with Gasteiger partial charge in [0.2, 0.25) is 11.8 Å². The standard InChI is InChI=1S/C25H35N5O7S/c1-5-38(33,34)19-7-6-17(20(26)13-19)12-21(27)24(31)37-23-16(4)22(28-14-29-23)36-18-8-10-30(11-9-18)25(32)35-15(2)3/h6-7,13-15,18,21H,5,8-12,26-27H2,1-4H3/t21-/m0/s1. The van der Waals surface area contributed by atoms with Crippen LogP contribution in [0.25, 0.3) is 0 Å². The van der Waals surface area contributed by atoms with Gasteiger partial charge in [-0.1, -0.05) is 13.0 Å². The van der Waals surface area contributed by atoms with E-state index in [9.17, 15) is 18.0 Å². The van der Waals surface area contributed by atoms with Crippen LogP contribution in [0.1, 0.15) is 44.7 Å². The highest BCUT2D eigenvalue weighted by molar-refractivity contribution is 7.91. The number of aromatic nitrogens is 2. The summed E-state index contributed by atoms with van der Waals surface area (Å²) < 4.78 is 40.8. The molecule has 208 valence electrons. The molecule has 0 unspecified atom stereocenters. The van der Waals surface area contributed by atoms with Gasteiger partial charge < -0.3 is 30.6 Å². The van der Waals surface area contributed by atoms with E-state index in [4.69, 9.17) is 25.7 Å². The number of rotatable bonds is 9. The Kier molecular flexibility index (Phi) is 9.50. The lowest BCUT2D eigenvalue weighted by atomic mass is 10.0. The maximum absolute atomic E-state index is 12.7. The molecule has 1 saturated heterocycles. The van der Waals surface area contributed by atoms with Crippen LogP contribution < -0.4 is 20.9 Å². The highest BCUT2D eigenvalue weighted by Crippen LogP contribution is 2.26. The number of nitrogen functional groups attached to an aromatic ring is 1. The van der Waals surface area contributed by atoms with Gasteiger partial charge in [-0.3, -0.25) is 0 Å². The number of carbonyl (C=O) groups excluding carboxylic acids is 2. The fourth-order valence-corrected chi connectivity index (χ4v) is 4.76. The zero-order chi connectivity index (χ0) is 28.0. The molecule has 4 N–H and O–H groups in total. The molecule has 13 heteroatoms. The smallest absolute Gasteiger partial charge is 0.410 e. The Labute approximate surface area is 222 Å². The number of carbonyl (C=O) groups is 2. The van der Waals surface area contributed by atoms with Gasteiger partial charge in [0, 0.05) is 38.0 Å². The Morgan fingerprint density at radius 2 is 1.82 bits per heavy atom. The van der Waals surface area contributed by atoms with E-state index in [0.29, 0.717) is 37.1 Å². The maximum atomic E-state index is 12.7. The summed E-state index contributed by atoms with van der Waals surface area (Å²) in [6, 6.07) is 3.28. The molecular weight excluding hydrogens is 514 g/mol. The average molecular weight is 550 g/mol. The number of amides is 1. The highest BCUT2D eigenvalue weighted by atomic mass is 32.2. The van der Waals surface area contributed by atoms with E-state index in [-0.39, 0.29) is 52.8 Å². The third kappa shape index (κ3) is 7.32. The second-order valence-electron chi connectivity index (χ2n) is 9.34. The molecule has 1 aromatic carbocycles. The van der Waals surface area contributed by atoms with Crippen molar-refractivity contribution in [2.75, 3.05) is 24.6 Å². The molecule has 0 spiro atoms. The molecule has 1 amide bonds. The van der Waals surface area contributed by atoms with Crippen molar-refractivity contribution < 1.29 is 32.2 Å². The minimum absolute atomic E-state index is 0.0192. The summed E-state index contributed by atoms with van der Waals surface area (Å²) in [5, 5.41) is 0. The van der Waals surface area contributed by atoms with Crippen LogP contribution in [0.2, 0.25) is 0 Å². The molecule has 1 fully saturated rings. The lowest BCUT2D eigenvalue weighted by Crippen LogP contribution is -2.42. The van der Waals surface area contributed by atoms with Gasteiger partial charge in [-0.2, -0.15) is 0 Å². The van der Waals surface area contributed by atoms with Crippen molar-refractivity contribution in [1.29, 1.82) is 0 Å². The third-order valence-electron chi connectivity index (χ3n) is 6.10. The summed E-state index contributed by atoms with van der Waals surface area (Å²) >= 11 is 0. The minimum atomic E-state index is -3.41. The molecular formula is C25H35N5O7S. The first-order chi connectivity index (χ1) is 17.9. The van der Waals surface area contributed by atoms with E-state index in [2.05, 4.69) is 9.97 Å². The number of nitrogens with zero attached hydrogens (tertiary/aromatic N) is 3. The Morgan fingerprint density at radius 3 is 2.42 bits per heavy atom. The first kappa shape index (κ1) is 29.1. The molecule has 38 heavy (non-hydrogen) atoms. The predicted molar refractivity (Wildman–Crippen MR) is 140 cm³/mol. The molecule has 3 rings (SSSR count). The summed E-state index contributed by atoms with van der Waals surface area (Å²) in [7, 11) is -3.41. The van der Waals surface area contributed by atoms with Gasteiger partial charge in [-0.25, -0.2) is 28.0 Å². The fourth-order valence-electron chi connectivity index (χ4n) is 3.84. The number of ether oxygens (including phenoxy) is 3. The molecule has 2 aromatic rings. The lowest BCUT2D eigenvalue weighted by molar-refractivity contribution is -0.136. The highest BCUT2D eigenvalue weighted by Gasteiger charge is 2.27. The van der Waals surface area contributed by atoms with Gasteiger partial charge in [0.15, 0.2) is 9.84 Å². The van der Waals surface area contributed by atoms with Crippen LogP contribution in [0, 0.1) is 6.92 Å². The van der Waals surface area contributed by atoms with Gasteiger partial charge in [0.05, 0.1) is 22.3 Å². The van der Waals surface area contributed by atoms with E-state index in [1.165, 1.54) is 18.5 Å². The molecule has 0 saturated carbocycles. The number of nitrogens with two attached hydrogens (primary N) is 2. The van der Waals surface area contributed by atoms with Gasteiger partial charge in [0.25, 0.3) is 0 Å². The first-order valence-corrected chi connectivity index (χ1v) is 14.1. The Bertz CT molecular complexity index is 1260.